The van der Waals surface area contributed by atoms with Crippen LogP contribution in [-0.2, 0) is 0 Å². The van der Waals surface area contributed by atoms with Gasteiger partial charge >= 0.3 is 0 Å². The molecule has 0 aliphatic carbocycles. The zero-order valence-electron chi connectivity index (χ0n) is 34.3. The highest BCUT2D eigenvalue weighted by atomic mass is 35.5. The summed E-state index contributed by atoms with van der Waals surface area (Å²) in [6.07, 6.45) is 0. The number of halogens is 2. The van der Waals surface area contributed by atoms with Crippen LogP contribution >= 0.6 is 23.2 Å². The molecule has 0 N–H and O–H groups in total. The van der Waals surface area contributed by atoms with Gasteiger partial charge in [-0.15, -0.1) is 0 Å². The van der Waals surface area contributed by atoms with E-state index in [2.05, 4.69) is 86.0 Å². The van der Waals surface area contributed by atoms with Gasteiger partial charge in [0.1, 0.15) is 24.7 Å². The molecule has 0 radical (unpaired) electrons. The zero-order valence-corrected chi connectivity index (χ0v) is 35.8. The van der Waals surface area contributed by atoms with Crippen molar-refractivity contribution in [1.29, 1.82) is 0 Å². The van der Waals surface area contributed by atoms with E-state index < -0.39 is 0 Å². The van der Waals surface area contributed by atoms with Gasteiger partial charge < -0.3 is 19.3 Å². The minimum absolute atomic E-state index is 0.688. The monoisotopic (exact) mass is 810 g/mol. The van der Waals surface area contributed by atoms with E-state index in [9.17, 15) is 0 Å². The Morgan fingerprint density at radius 1 is 0.362 bits per heavy atom. The topological polar surface area (TPSA) is 24.9 Å². The van der Waals surface area contributed by atoms with E-state index in [1.54, 1.807) is 0 Å². The second-order valence-electron chi connectivity index (χ2n) is 13.6. The molecule has 0 amide bonds. The highest BCUT2D eigenvalue weighted by Crippen LogP contribution is 2.37. The Bertz CT molecular complexity index is 1960. The lowest BCUT2D eigenvalue weighted by Crippen LogP contribution is -2.27. The van der Waals surface area contributed by atoms with Crippen LogP contribution in [0.2, 0.25) is 0 Å². The van der Waals surface area contributed by atoms with Gasteiger partial charge in [0.05, 0.1) is 10.1 Å². The molecule has 0 bridgehead atoms. The zero-order chi connectivity index (χ0) is 41.0. The summed E-state index contributed by atoms with van der Waals surface area (Å²) in [5.74, 6) is 1.76. The molecule has 0 aliphatic rings. The van der Waals surface area contributed by atoms with Crippen LogP contribution in [0.4, 0.5) is 0 Å². The van der Waals surface area contributed by atoms with Crippen molar-refractivity contribution >= 4 is 44.4 Å². The Balaban J connectivity index is 0.000000221. The first-order chi connectivity index (χ1) is 28.4. The molecule has 0 unspecified atom stereocenters. The number of hydrogen-bond donors (Lipinski definition) is 0. The predicted octanol–water partition coefficient (Wildman–Crippen LogP) is 13.1. The summed E-state index contributed by atoms with van der Waals surface area (Å²) >= 11 is 13.7. The molecule has 0 spiro atoms. The van der Waals surface area contributed by atoms with Crippen molar-refractivity contribution in [3.8, 4) is 11.5 Å². The maximum Gasteiger partial charge on any atom is 0.119 e. The first-order valence-electron chi connectivity index (χ1n) is 20.4. The van der Waals surface area contributed by atoms with Gasteiger partial charge in [0, 0.05) is 24.2 Å². The standard InChI is InChI=1S/2C26H28ClNO/c2*1-3-28(4-2)19-20-29-24-17-15-22(16-18-24)25(21-11-7-5-8-12-21)26(27)23-13-9-6-10-14-23/h2*5-18H,3-4,19-20H2,1-2H3/b26-25+;26-25-. The third-order valence-electron chi connectivity index (χ3n) is 10.0. The molecular formula is C52H56Cl2N2O2. The molecule has 6 heteroatoms. The number of ether oxygens (including phenoxy) is 2. The molecule has 6 aromatic rings. The number of benzene rings is 6. The number of nitrogens with zero attached hydrogens (tertiary/aromatic N) is 2. The molecule has 0 saturated carbocycles. The summed E-state index contributed by atoms with van der Waals surface area (Å²) in [4.78, 5) is 4.70. The number of rotatable bonds is 18. The van der Waals surface area contributed by atoms with E-state index in [0.717, 1.165) is 105 Å². The average Bonchev–Trinajstić information content (AvgIpc) is 3.29. The van der Waals surface area contributed by atoms with E-state index in [1.165, 1.54) is 0 Å². The lowest BCUT2D eigenvalue weighted by Gasteiger charge is -2.18. The van der Waals surface area contributed by atoms with E-state index in [4.69, 9.17) is 32.7 Å². The first kappa shape index (κ1) is 44.0. The summed E-state index contributed by atoms with van der Waals surface area (Å²) in [5, 5.41) is 1.49. The van der Waals surface area contributed by atoms with E-state index in [0.29, 0.717) is 13.2 Å². The molecule has 0 fully saturated rings. The summed E-state index contributed by atoms with van der Waals surface area (Å²) in [6, 6.07) is 57.2. The molecule has 0 aromatic heterocycles. The van der Waals surface area contributed by atoms with Gasteiger partial charge in [-0.3, -0.25) is 0 Å². The van der Waals surface area contributed by atoms with Gasteiger partial charge in [0.15, 0.2) is 0 Å². The largest absolute Gasteiger partial charge is 0.492 e. The Labute approximate surface area is 357 Å². The Kier molecular flexibility index (Phi) is 18.2. The van der Waals surface area contributed by atoms with Crippen molar-refractivity contribution < 1.29 is 9.47 Å². The second-order valence-corrected chi connectivity index (χ2v) is 14.4. The van der Waals surface area contributed by atoms with Crippen molar-refractivity contribution in [2.24, 2.45) is 0 Å². The fraction of sp³-hybridized carbons (Fsp3) is 0.231. The van der Waals surface area contributed by atoms with Gasteiger partial charge in [-0.1, -0.05) is 196 Å². The van der Waals surface area contributed by atoms with Crippen LogP contribution in [0.15, 0.2) is 170 Å². The maximum absolute atomic E-state index is 6.87. The molecule has 300 valence electrons. The lowest BCUT2D eigenvalue weighted by atomic mass is 9.95. The molecule has 0 saturated heterocycles. The fourth-order valence-electron chi connectivity index (χ4n) is 6.61. The van der Waals surface area contributed by atoms with Crippen LogP contribution < -0.4 is 9.47 Å². The summed E-state index contributed by atoms with van der Waals surface area (Å²) in [7, 11) is 0. The van der Waals surface area contributed by atoms with Gasteiger partial charge in [-0.25, -0.2) is 0 Å². The van der Waals surface area contributed by atoms with Gasteiger partial charge in [0.25, 0.3) is 0 Å². The van der Waals surface area contributed by atoms with Crippen LogP contribution in [0, 0.1) is 0 Å². The predicted molar refractivity (Wildman–Crippen MR) is 249 cm³/mol. The normalized spacial score (nSPS) is 12.0. The van der Waals surface area contributed by atoms with Crippen molar-refractivity contribution in [3.63, 3.8) is 0 Å². The summed E-state index contributed by atoms with van der Waals surface area (Å²) in [5.41, 5.74) is 8.39. The van der Waals surface area contributed by atoms with Crippen LogP contribution in [0.25, 0.3) is 21.2 Å². The van der Waals surface area contributed by atoms with E-state index in [-0.39, 0.29) is 0 Å². The maximum atomic E-state index is 6.87. The van der Waals surface area contributed by atoms with Crippen LogP contribution in [0.3, 0.4) is 0 Å². The Morgan fingerprint density at radius 2 is 0.621 bits per heavy atom. The third kappa shape index (κ3) is 13.0. The smallest absolute Gasteiger partial charge is 0.119 e. The fourth-order valence-corrected chi connectivity index (χ4v) is 7.30. The molecule has 0 heterocycles. The van der Waals surface area contributed by atoms with Crippen LogP contribution in [-0.4, -0.2) is 62.3 Å². The molecule has 0 aliphatic heterocycles. The minimum Gasteiger partial charge on any atom is -0.492 e. The highest BCUT2D eigenvalue weighted by molar-refractivity contribution is 6.53. The lowest BCUT2D eigenvalue weighted by molar-refractivity contribution is 0.223. The van der Waals surface area contributed by atoms with Crippen molar-refractivity contribution in [1.82, 2.24) is 9.80 Å². The SMILES string of the molecule is CCN(CC)CCOc1ccc(/C(=C(/Cl)c2ccccc2)c2ccccc2)cc1.CCN(CC)CCOc1ccc(/C(=C(\Cl)c2ccccc2)c2ccccc2)cc1. The van der Waals surface area contributed by atoms with Gasteiger partial charge in [-0.05, 0) is 83.8 Å². The van der Waals surface area contributed by atoms with Crippen molar-refractivity contribution in [2.45, 2.75) is 27.7 Å². The Morgan fingerprint density at radius 3 is 0.897 bits per heavy atom. The number of hydrogen-bond acceptors (Lipinski definition) is 4. The molecule has 6 rings (SSSR count). The van der Waals surface area contributed by atoms with Gasteiger partial charge in [0.2, 0.25) is 0 Å². The van der Waals surface area contributed by atoms with E-state index >= 15 is 0 Å². The molecule has 6 aromatic carbocycles. The molecule has 0 atom stereocenters. The summed E-state index contributed by atoms with van der Waals surface area (Å²) in [6.45, 7) is 16.1. The van der Waals surface area contributed by atoms with E-state index in [1.807, 2.05) is 121 Å². The summed E-state index contributed by atoms with van der Waals surface area (Å²) < 4.78 is 11.9. The second kappa shape index (κ2) is 24.0. The quantitative estimate of drug-likeness (QED) is 0.0807. The van der Waals surface area contributed by atoms with Crippen LogP contribution in [0.5, 0.6) is 11.5 Å². The first-order valence-corrected chi connectivity index (χ1v) is 21.1. The highest BCUT2D eigenvalue weighted by Gasteiger charge is 2.14. The average molecular weight is 812 g/mol. The molecule has 4 nitrogen and oxygen atoms in total. The minimum atomic E-state index is 0.688. The Hall–Kier alpha value is -5.10. The molecular weight excluding hydrogens is 755 g/mol. The third-order valence-corrected chi connectivity index (χ3v) is 10.9. The van der Waals surface area contributed by atoms with Crippen LogP contribution in [0.1, 0.15) is 61.1 Å². The molecule has 58 heavy (non-hydrogen) atoms. The van der Waals surface area contributed by atoms with Gasteiger partial charge in [-0.2, -0.15) is 0 Å². The van der Waals surface area contributed by atoms with Crippen molar-refractivity contribution in [3.05, 3.63) is 203 Å². The van der Waals surface area contributed by atoms with Crippen molar-refractivity contribution in [2.75, 3.05) is 52.5 Å². The number of likely N-dealkylation sites (N-methyl/N-ethyl adjacent to an activating group) is 2.